The number of carboxylic acids is 1. The van der Waals surface area contributed by atoms with Crippen LogP contribution in [0.15, 0.2) is 28.7 Å². The number of hydrogen-bond donors (Lipinski definition) is 2. The molecule has 1 fully saturated rings. The molecule has 0 saturated carbocycles. The molecule has 5 heteroatoms. The molecule has 1 aromatic carbocycles. The van der Waals surface area contributed by atoms with Gasteiger partial charge in [0.2, 0.25) is 0 Å². The summed E-state index contributed by atoms with van der Waals surface area (Å²) in [6.07, 6.45) is 0.503. The van der Waals surface area contributed by atoms with Gasteiger partial charge in [-0.1, -0.05) is 28.1 Å². The first kappa shape index (κ1) is 13.5. The molecule has 0 spiro atoms. The molecule has 2 rings (SSSR count). The lowest BCUT2D eigenvalue weighted by Crippen LogP contribution is -2.50. The number of carbonyl (C=O) groups is 1. The molecule has 1 aromatic rings. The minimum atomic E-state index is -1.09. The van der Waals surface area contributed by atoms with Crippen LogP contribution in [-0.2, 0) is 4.79 Å². The Morgan fingerprint density at radius 1 is 1.50 bits per heavy atom. The second-order valence-electron chi connectivity index (χ2n) is 4.91. The first-order chi connectivity index (χ1) is 8.42. The van der Waals surface area contributed by atoms with Crippen LogP contribution in [0.1, 0.15) is 24.9 Å². The van der Waals surface area contributed by atoms with E-state index in [2.05, 4.69) is 27.8 Å². The molecule has 0 amide bonds. The van der Waals surface area contributed by atoms with E-state index in [1.165, 1.54) is 5.56 Å². The minimum Gasteiger partial charge on any atom is -0.480 e. The average Bonchev–Trinajstić information content (AvgIpc) is 2.73. The van der Waals surface area contributed by atoms with Crippen molar-refractivity contribution < 1.29 is 9.90 Å². The van der Waals surface area contributed by atoms with Gasteiger partial charge in [-0.25, -0.2) is 0 Å². The fraction of sp³-hybridized carbons (Fsp3) is 0.462. The molecule has 1 heterocycles. The Hall–Kier alpha value is -0.910. The van der Waals surface area contributed by atoms with Gasteiger partial charge >= 0.3 is 5.97 Å². The zero-order chi connectivity index (χ0) is 13.3. The molecule has 1 aliphatic rings. The molecular formula is C13H17BrN2O2. The molecule has 0 radical (unpaired) electrons. The van der Waals surface area contributed by atoms with Crippen LogP contribution in [0.25, 0.3) is 0 Å². The van der Waals surface area contributed by atoms with Crippen LogP contribution < -0.4 is 5.73 Å². The molecule has 18 heavy (non-hydrogen) atoms. The second-order valence-corrected chi connectivity index (χ2v) is 5.82. The van der Waals surface area contributed by atoms with Gasteiger partial charge in [0.25, 0.3) is 0 Å². The van der Waals surface area contributed by atoms with Gasteiger partial charge in [-0.2, -0.15) is 0 Å². The third-order valence-corrected chi connectivity index (χ3v) is 4.19. The Balaban J connectivity index is 2.10. The van der Waals surface area contributed by atoms with Crippen molar-refractivity contribution in [2.24, 2.45) is 5.73 Å². The molecule has 0 bridgehead atoms. The fourth-order valence-corrected chi connectivity index (χ4v) is 2.59. The van der Waals surface area contributed by atoms with E-state index >= 15 is 0 Å². The number of rotatable bonds is 3. The summed E-state index contributed by atoms with van der Waals surface area (Å²) in [7, 11) is 0. The van der Waals surface area contributed by atoms with Crippen molar-refractivity contribution in [3.63, 3.8) is 0 Å². The number of likely N-dealkylation sites (tertiary alicyclic amines) is 1. The molecule has 0 aromatic heterocycles. The lowest BCUT2D eigenvalue weighted by molar-refractivity contribution is -0.142. The zero-order valence-electron chi connectivity index (χ0n) is 10.3. The standard InChI is InChI=1S/C13H17BrN2O2/c1-9(10-2-4-11(14)5-3-10)16-7-6-13(15,8-16)12(17)18/h2-5,9H,6-8,15H2,1H3,(H,17,18). The minimum absolute atomic E-state index is 0.183. The number of halogens is 1. The summed E-state index contributed by atoms with van der Waals surface area (Å²) in [5, 5.41) is 9.12. The lowest BCUT2D eigenvalue weighted by atomic mass is 10.0. The summed E-state index contributed by atoms with van der Waals surface area (Å²) in [6.45, 7) is 3.20. The Morgan fingerprint density at radius 3 is 2.61 bits per heavy atom. The van der Waals surface area contributed by atoms with E-state index in [1.54, 1.807) is 0 Å². The van der Waals surface area contributed by atoms with Crippen LogP contribution >= 0.6 is 15.9 Å². The zero-order valence-corrected chi connectivity index (χ0v) is 11.9. The van der Waals surface area contributed by atoms with Crippen LogP contribution in [-0.4, -0.2) is 34.6 Å². The summed E-state index contributed by atoms with van der Waals surface area (Å²) in [5.74, 6) is -0.909. The van der Waals surface area contributed by atoms with Crippen molar-refractivity contribution in [1.29, 1.82) is 0 Å². The number of benzene rings is 1. The van der Waals surface area contributed by atoms with E-state index in [0.717, 1.165) is 11.0 Å². The summed E-state index contributed by atoms with van der Waals surface area (Å²) < 4.78 is 1.04. The monoisotopic (exact) mass is 312 g/mol. The van der Waals surface area contributed by atoms with Gasteiger partial charge in [0, 0.05) is 23.6 Å². The molecule has 0 aliphatic carbocycles. The Morgan fingerprint density at radius 2 is 2.11 bits per heavy atom. The van der Waals surface area contributed by atoms with Crippen molar-refractivity contribution in [3.8, 4) is 0 Å². The van der Waals surface area contributed by atoms with Crippen molar-refractivity contribution in [1.82, 2.24) is 4.90 Å². The van der Waals surface area contributed by atoms with Crippen molar-refractivity contribution in [2.45, 2.75) is 24.9 Å². The quantitative estimate of drug-likeness (QED) is 0.896. The predicted molar refractivity (Wildman–Crippen MR) is 73.3 cm³/mol. The highest BCUT2D eigenvalue weighted by Crippen LogP contribution is 2.29. The van der Waals surface area contributed by atoms with Gasteiger partial charge in [0.1, 0.15) is 5.54 Å². The van der Waals surface area contributed by atoms with Gasteiger partial charge in [0.05, 0.1) is 0 Å². The van der Waals surface area contributed by atoms with E-state index in [1.807, 2.05) is 24.3 Å². The van der Waals surface area contributed by atoms with Crippen LogP contribution in [0.2, 0.25) is 0 Å². The maximum absolute atomic E-state index is 11.1. The molecule has 98 valence electrons. The highest BCUT2D eigenvalue weighted by atomic mass is 79.9. The van der Waals surface area contributed by atoms with E-state index < -0.39 is 11.5 Å². The number of aliphatic carboxylic acids is 1. The number of carboxylic acid groups (broad SMARTS) is 1. The number of hydrogen-bond acceptors (Lipinski definition) is 3. The fourth-order valence-electron chi connectivity index (χ4n) is 2.32. The second kappa shape index (κ2) is 4.99. The summed E-state index contributed by atoms with van der Waals surface area (Å²) in [4.78, 5) is 13.2. The topological polar surface area (TPSA) is 66.6 Å². The van der Waals surface area contributed by atoms with Crippen LogP contribution in [0.3, 0.4) is 0 Å². The molecule has 2 atom stereocenters. The van der Waals surface area contributed by atoms with Crippen molar-refractivity contribution in [3.05, 3.63) is 34.3 Å². The van der Waals surface area contributed by atoms with Gasteiger partial charge in [-0.3, -0.25) is 9.69 Å². The SMILES string of the molecule is CC(c1ccc(Br)cc1)N1CCC(N)(C(=O)O)C1. The highest BCUT2D eigenvalue weighted by Gasteiger charge is 2.42. The smallest absolute Gasteiger partial charge is 0.325 e. The normalized spacial score (nSPS) is 26.2. The van der Waals surface area contributed by atoms with Crippen LogP contribution in [0.5, 0.6) is 0 Å². The third-order valence-electron chi connectivity index (χ3n) is 3.66. The van der Waals surface area contributed by atoms with Crippen LogP contribution in [0, 0.1) is 0 Å². The van der Waals surface area contributed by atoms with E-state index in [0.29, 0.717) is 13.0 Å². The molecule has 2 unspecified atom stereocenters. The van der Waals surface area contributed by atoms with Crippen molar-refractivity contribution >= 4 is 21.9 Å². The van der Waals surface area contributed by atoms with Crippen molar-refractivity contribution in [2.75, 3.05) is 13.1 Å². The number of nitrogens with two attached hydrogens (primary N) is 1. The van der Waals surface area contributed by atoms with E-state index in [9.17, 15) is 4.79 Å². The van der Waals surface area contributed by atoms with Gasteiger partial charge in [-0.05, 0) is 31.0 Å². The molecule has 1 saturated heterocycles. The maximum atomic E-state index is 11.1. The predicted octanol–water partition coefficient (Wildman–Crippen LogP) is 2.00. The Bertz CT molecular complexity index is 449. The Labute approximate surface area is 115 Å². The maximum Gasteiger partial charge on any atom is 0.325 e. The molecule has 4 nitrogen and oxygen atoms in total. The first-order valence-corrected chi connectivity index (χ1v) is 6.73. The van der Waals surface area contributed by atoms with E-state index in [-0.39, 0.29) is 6.04 Å². The van der Waals surface area contributed by atoms with Gasteiger partial charge in [0.15, 0.2) is 0 Å². The lowest BCUT2D eigenvalue weighted by Gasteiger charge is -2.26. The summed E-state index contributed by atoms with van der Waals surface area (Å²) in [6, 6.07) is 8.27. The van der Waals surface area contributed by atoms with Gasteiger partial charge in [-0.15, -0.1) is 0 Å². The van der Waals surface area contributed by atoms with Crippen LogP contribution in [0.4, 0.5) is 0 Å². The largest absolute Gasteiger partial charge is 0.480 e. The molecule has 1 aliphatic heterocycles. The molecular weight excluding hydrogens is 296 g/mol. The average molecular weight is 313 g/mol. The van der Waals surface area contributed by atoms with E-state index in [4.69, 9.17) is 10.8 Å². The Kier molecular flexibility index (Phi) is 3.75. The number of nitrogens with zero attached hydrogens (tertiary/aromatic N) is 1. The molecule has 3 N–H and O–H groups in total. The summed E-state index contributed by atoms with van der Waals surface area (Å²) in [5.41, 5.74) is 5.96. The third kappa shape index (κ3) is 2.58. The van der Waals surface area contributed by atoms with Gasteiger partial charge < -0.3 is 10.8 Å². The summed E-state index contributed by atoms with van der Waals surface area (Å²) >= 11 is 3.40. The highest BCUT2D eigenvalue weighted by molar-refractivity contribution is 9.10. The first-order valence-electron chi connectivity index (χ1n) is 5.94.